The molecule has 3 rings (SSSR count). The molecule has 1 aliphatic rings. The largest absolute Gasteiger partial charge is 0.440 e. The first-order chi connectivity index (χ1) is 12.1. The van der Waals surface area contributed by atoms with E-state index in [1.807, 2.05) is 6.07 Å². The number of furan rings is 1. The van der Waals surface area contributed by atoms with Gasteiger partial charge in [-0.25, -0.2) is 0 Å². The number of benzene rings is 1. The van der Waals surface area contributed by atoms with Gasteiger partial charge in [0.15, 0.2) is 0 Å². The number of anilines is 2. The fourth-order valence-electron chi connectivity index (χ4n) is 2.63. The topological polar surface area (TPSA) is 69.3 Å². The van der Waals surface area contributed by atoms with Gasteiger partial charge >= 0.3 is 0 Å². The second-order valence-corrected chi connectivity index (χ2v) is 6.86. The van der Waals surface area contributed by atoms with Crippen molar-refractivity contribution in [2.75, 3.05) is 23.3 Å². The van der Waals surface area contributed by atoms with Crippen LogP contribution in [-0.4, -0.2) is 19.0 Å². The smallest absolute Gasteiger partial charge is 0.266 e. The van der Waals surface area contributed by atoms with E-state index in [0.717, 1.165) is 36.3 Å². The van der Waals surface area contributed by atoms with Crippen LogP contribution in [0.2, 0.25) is 5.02 Å². The fourth-order valence-corrected chi connectivity index (χ4v) is 3.37. The summed E-state index contributed by atoms with van der Waals surface area (Å²) in [6.07, 6.45) is 3.68. The molecule has 0 saturated carbocycles. The van der Waals surface area contributed by atoms with Gasteiger partial charge in [-0.2, -0.15) is 5.26 Å². The molecular weight excluding hydrogens is 406 g/mol. The molecule has 1 saturated heterocycles. The molecule has 7 heteroatoms. The number of para-hydroxylation sites is 1. The van der Waals surface area contributed by atoms with Crippen LogP contribution in [0.5, 0.6) is 0 Å². The molecule has 1 N–H and O–H groups in total. The minimum atomic E-state index is -0.536. The van der Waals surface area contributed by atoms with Crippen molar-refractivity contribution >= 4 is 51.1 Å². The van der Waals surface area contributed by atoms with Crippen LogP contribution in [0, 0.1) is 11.3 Å². The van der Waals surface area contributed by atoms with Crippen molar-refractivity contribution in [1.82, 2.24) is 0 Å². The number of amides is 1. The van der Waals surface area contributed by atoms with Crippen molar-refractivity contribution in [2.45, 2.75) is 12.8 Å². The second-order valence-electron chi connectivity index (χ2n) is 5.60. The monoisotopic (exact) mass is 419 g/mol. The first kappa shape index (κ1) is 17.6. The van der Waals surface area contributed by atoms with Gasteiger partial charge < -0.3 is 14.6 Å². The van der Waals surface area contributed by atoms with Crippen molar-refractivity contribution in [3.05, 3.63) is 51.2 Å². The van der Waals surface area contributed by atoms with Crippen LogP contribution in [0.15, 0.2) is 44.8 Å². The summed E-state index contributed by atoms with van der Waals surface area (Å²) in [5, 5.41) is 12.4. The number of nitrogens with one attached hydrogen (secondary N) is 1. The zero-order chi connectivity index (χ0) is 17.8. The molecule has 25 heavy (non-hydrogen) atoms. The number of nitriles is 1. The zero-order valence-electron chi connectivity index (χ0n) is 13.3. The highest BCUT2D eigenvalue weighted by atomic mass is 79.9. The number of hydrogen-bond acceptors (Lipinski definition) is 4. The molecule has 1 fully saturated rings. The minimum Gasteiger partial charge on any atom is -0.440 e. The highest BCUT2D eigenvalue weighted by molar-refractivity contribution is 9.10. The maximum absolute atomic E-state index is 12.3. The van der Waals surface area contributed by atoms with Crippen LogP contribution in [0.1, 0.15) is 18.6 Å². The Morgan fingerprint density at radius 3 is 2.76 bits per heavy atom. The van der Waals surface area contributed by atoms with E-state index >= 15 is 0 Å². The summed E-state index contributed by atoms with van der Waals surface area (Å²) in [6, 6.07) is 10.5. The third-order valence-electron chi connectivity index (χ3n) is 3.85. The van der Waals surface area contributed by atoms with Crippen LogP contribution in [0.4, 0.5) is 11.6 Å². The van der Waals surface area contributed by atoms with E-state index in [0.29, 0.717) is 16.5 Å². The highest BCUT2D eigenvalue weighted by Crippen LogP contribution is 2.33. The third-order valence-corrected chi connectivity index (χ3v) is 4.75. The van der Waals surface area contributed by atoms with Gasteiger partial charge in [-0.05, 0) is 40.9 Å². The summed E-state index contributed by atoms with van der Waals surface area (Å²) in [5.41, 5.74) is 0.392. The van der Waals surface area contributed by atoms with E-state index in [-0.39, 0.29) is 5.57 Å². The summed E-state index contributed by atoms with van der Waals surface area (Å²) in [6.45, 7) is 1.88. The van der Waals surface area contributed by atoms with Crippen LogP contribution >= 0.6 is 27.5 Å². The van der Waals surface area contributed by atoms with Gasteiger partial charge in [-0.15, -0.1) is 0 Å². The van der Waals surface area contributed by atoms with Crippen molar-refractivity contribution in [2.24, 2.45) is 0 Å². The Kier molecular flexibility index (Phi) is 5.47. The Bertz CT molecular complexity index is 863. The summed E-state index contributed by atoms with van der Waals surface area (Å²) < 4.78 is 6.61. The highest BCUT2D eigenvalue weighted by Gasteiger charge is 2.20. The molecule has 1 aliphatic heterocycles. The maximum Gasteiger partial charge on any atom is 0.266 e. The van der Waals surface area contributed by atoms with E-state index in [1.165, 1.54) is 6.08 Å². The Morgan fingerprint density at radius 2 is 2.08 bits per heavy atom. The lowest BCUT2D eigenvalue weighted by Gasteiger charge is -2.13. The molecule has 1 aromatic heterocycles. The standard InChI is InChI=1S/C18H15BrClN3O2/c19-14-10-13(25-18(14)23-7-3-4-8-23)9-12(11-21)17(24)22-16-6-2-1-5-15(16)20/h1-2,5-6,9-10H,3-4,7-8H2,(H,22,24)/b12-9-. The van der Waals surface area contributed by atoms with Gasteiger partial charge in [-0.1, -0.05) is 23.7 Å². The Balaban J connectivity index is 1.81. The van der Waals surface area contributed by atoms with Gasteiger partial charge in [-0.3, -0.25) is 4.79 Å². The SMILES string of the molecule is N#C/C(=C/c1cc(Br)c(N2CCCC2)o1)C(=O)Nc1ccccc1Cl. The third kappa shape index (κ3) is 4.06. The zero-order valence-corrected chi connectivity index (χ0v) is 15.6. The Hall–Kier alpha value is -2.23. The van der Waals surface area contributed by atoms with Crippen molar-refractivity contribution < 1.29 is 9.21 Å². The molecule has 0 aliphatic carbocycles. The van der Waals surface area contributed by atoms with Gasteiger partial charge in [0.05, 0.1) is 15.2 Å². The van der Waals surface area contributed by atoms with Crippen molar-refractivity contribution in [3.8, 4) is 6.07 Å². The summed E-state index contributed by atoms with van der Waals surface area (Å²) in [7, 11) is 0. The van der Waals surface area contributed by atoms with Gasteiger partial charge in [0.25, 0.3) is 5.91 Å². The van der Waals surface area contributed by atoms with E-state index in [4.69, 9.17) is 16.0 Å². The number of halogens is 2. The number of carbonyl (C=O) groups is 1. The molecule has 2 heterocycles. The second kappa shape index (κ2) is 7.77. The number of carbonyl (C=O) groups excluding carboxylic acids is 1. The molecule has 0 spiro atoms. The van der Waals surface area contributed by atoms with Gasteiger partial charge in [0, 0.05) is 25.2 Å². The molecular formula is C18H15BrClN3O2. The first-order valence-corrected chi connectivity index (χ1v) is 8.97. The molecule has 0 unspecified atom stereocenters. The quantitative estimate of drug-likeness (QED) is 0.567. The maximum atomic E-state index is 12.3. The normalized spacial score (nSPS) is 14.4. The molecule has 128 valence electrons. The predicted molar refractivity (Wildman–Crippen MR) is 102 cm³/mol. The van der Waals surface area contributed by atoms with E-state index < -0.39 is 5.91 Å². The number of hydrogen-bond donors (Lipinski definition) is 1. The van der Waals surface area contributed by atoms with E-state index in [2.05, 4.69) is 26.1 Å². The number of nitrogens with zero attached hydrogens (tertiary/aromatic N) is 2. The lowest BCUT2D eigenvalue weighted by atomic mass is 10.2. The average Bonchev–Trinajstić information content (AvgIpc) is 3.24. The van der Waals surface area contributed by atoms with E-state index in [1.54, 1.807) is 30.3 Å². The van der Waals surface area contributed by atoms with Crippen molar-refractivity contribution in [1.29, 1.82) is 5.26 Å². The van der Waals surface area contributed by atoms with Crippen LogP contribution in [0.3, 0.4) is 0 Å². The molecule has 1 amide bonds. The fraction of sp³-hybridized carbons (Fsp3) is 0.222. The molecule has 0 bridgehead atoms. The minimum absolute atomic E-state index is 0.0610. The van der Waals surface area contributed by atoms with Crippen LogP contribution in [0.25, 0.3) is 6.08 Å². The van der Waals surface area contributed by atoms with Crippen molar-refractivity contribution in [3.63, 3.8) is 0 Å². The molecule has 0 radical (unpaired) electrons. The van der Waals surface area contributed by atoms with E-state index in [9.17, 15) is 10.1 Å². The number of rotatable bonds is 4. The summed E-state index contributed by atoms with van der Waals surface area (Å²) in [5.74, 6) is 0.637. The lowest BCUT2D eigenvalue weighted by Crippen LogP contribution is -2.17. The Labute approximate surface area is 159 Å². The molecule has 5 nitrogen and oxygen atoms in total. The lowest BCUT2D eigenvalue weighted by molar-refractivity contribution is -0.112. The predicted octanol–water partition coefficient (Wildman–Crippen LogP) is 4.84. The molecule has 1 aromatic carbocycles. The average molecular weight is 421 g/mol. The van der Waals surface area contributed by atoms with Crippen LogP contribution < -0.4 is 10.2 Å². The molecule has 0 atom stereocenters. The van der Waals surface area contributed by atoms with Gasteiger partial charge in [0.2, 0.25) is 5.88 Å². The Morgan fingerprint density at radius 1 is 1.36 bits per heavy atom. The summed E-state index contributed by atoms with van der Waals surface area (Å²) >= 11 is 9.50. The molecule has 2 aromatic rings. The first-order valence-electron chi connectivity index (χ1n) is 7.80. The van der Waals surface area contributed by atoms with Gasteiger partial charge in [0.1, 0.15) is 17.4 Å². The summed E-state index contributed by atoms with van der Waals surface area (Å²) in [4.78, 5) is 14.5. The van der Waals surface area contributed by atoms with Crippen LogP contribution in [-0.2, 0) is 4.79 Å².